The smallest absolute Gasteiger partial charge is 0.254 e. The monoisotopic (exact) mass is 308 g/mol. The number of carbonyl (C=O) groups is 1. The van der Waals surface area contributed by atoms with Gasteiger partial charge < -0.3 is 11.1 Å². The number of para-hydroxylation sites is 1. The Morgan fingerprint density at radius 1 is 1.29 bits per heavy atom. The fraction of sp³-hybridized carbons (Fsp3) is 0.333. The van der Waals surface area contributed by atoms with Crippen LogP contribution in [0.1, 0.15) is 28.9 Å². The van der Waals surface area contributed by atoms with E-state index >= 15 is 0 Å². The number of nitrogens with two attached hydrogens (primary N) is 1. The van der Waals surface area contributed by atoms with Crippen molar-refractivity contribution in [1.29, 1.82) is 0 Å². The fourth-order valence-corrected chi connectivity index (χ4v) is 1.96. The molecule has 0 spiro atoms. The Balaban J connectivity index is 0.00000220. The lowest BCUT2D eigenvalue weighted by atomic mass is 10.2. The maximum absolute atomic E-state index is 12.1. The summed E-state index contributed by atoms with van der Waals surface area (Å²) in [5, 5.41) is 7.27. The van der Waals surface area contributed by atoms with E-state index in [2.05, 4.69) is 10.4 Å². The highest BCUT2D eigenvalue weighted by Crippen LogP contribution is 2.11. The maximum atomic E-state index is 12.1. The number of benzene rings is 1. The minimum atomic E-state index is -0.0818. The van der Waals surface area contributed by atoms with Gasteiger partial charge in [-0.1, -0.05) is 18.2 Å². The van der Waals surface area contributed by atoms with E-state index in [0.29, 0.717) is 18.7 Å². The van der Waals surface area contributed by atoms with Crippen LogP contribution in [0, 0.1) is 6.92 Å². The van der Waals surface area contributed by atoms with Gasteiger partial charge in [0, 0.05) is 12.7 Å². The summed E-state index contributed by atoms with van der Waals surface area (Å²) < 4.78 is 1.73. The van der Waals surface area contributed by atoms with Crippen LogP contribution in [-0.4, -0.2) is 28.8 Å². The van der Waals surface area contributed by atoms with Gasteiger partial charge in [0.05, 0.1) is 16.9 Å². The molecule has 0 bridgehead atoms. The molecule has 114 valence electrons. The summed E-state index contributed by atoms with van der Waals surface area (Å²) in [7, 11) is 0. The predicted octanol–water partition coefficient (Wildman–Crippen LogP) is 2.07. The van der Waals surface area contributed by atoms with Crippen LogP contribution in [0.15, 0.2) is 36.5 Å². The third kappa shape index (κ3) is 4.58. The Labute approximate surface area is 130 Å². The van der Waals surface area contributed by atoms with Crippen molar-refractivity contribution in [3.05, 3.63) is 47.8 Å². The zero-order valence-electron chi connectivity index (χ0n) is 12.1. The van der Waals surface area contributed by atoms with Gasteiger partial charge in [-0.25, -0.2) is 4.68 Å². The van der Waals surface area contributed by atoms with Crippen LogP contribution in [0.25, 0.3) is 5.69 Å². The van der Waals surface area contributed by atoms with E-state index < -0.39 is 0 Å². The number of amides is 1. The van der Waals surface area contributed by atoms with Crippen LogP contribution in [0.5, 0.6) is 0 Å². The number of nitrogens with one attached hydrogen (secondary N) is 1. The third-order valence-corrected chi connectivity index (χ3v) is 3.08. The van der Waals surface area contributed by atoms with Gasteiger partial charge in [0.2, 0.25) is 0 Å². The maximum Gasteiger partial charge on any atom is 0.254 e. The standard InChI is InChI=1S/C15H20N4O.ClH/c1-12-14(15(20)17-10-6-5-9-16)11-19(18-12)13-7-3-2-4-8-13;/h2-4,7-8,11H,5-6,9-10,16H2,1H3,(H,17,20);1H. The SMILES string of the molecule is Cc1nn(-c2ccccc2)cc1C(=O)NCCCCN.Cl. The van der Waals surface area contributed by atoms with Crippen molar-refractivity contribution < 1.29 is 4.79 Å². The van der Waals surface area contributed by atoms with Crippen molar-refractivity contribution in [3.8, 4) is 5.69 Å². The molecule has 21 heavy (non-hydrogen) atoms. The van der Waals surface area contributed by atoms with Crippen LogP contribution in [0.4, 0.5) is 0 Å². The molecule has 5 nitrogen and oxygen atoms in total. The number of aryl methyl sites for hydroxylation is 1. The lowest BCUT2D eigenvalue weighted by molar-refractivity contribution is 0.0952. The molecule has 1 aromatic heterocycles. The summed E-state index contributed by atoms with van der Waals surface area (Å²) in [4.78, 5) is 12.1. The molecule has 0 fully saturated rings. The first-order valence-electron chi connectivity index (χ1n) is 6.82. The summed E-state index contributed by atoms with van der Waals surface area (Å²) >= 11 is 0. The minimum Gasteiger partial charge on any atom is -0.352 e. The zero-order valence-corrected chi connectivity index (χ0v) is 12.9. The highest BCUT2D eigenvalue weighted by atomic mass is 35.5. The molecule has 3 N–H and O–H groups in total. The van der Waals surface area contributed by atoms with Gasteiger partial charge in [-0.2, -0.15) is 5.10 Å². The number of unbranched alkanes of at least 4 members (excludes halogenated alkanes) is 1. The summed E-state index contributed by atoms with van der Waals surface area (Å²) in [6.45, 7) is 3.14. The van der Waals surface area contributed by atoms with E-state index in [-0.39, 0.29) is 18.3 Å². The Kier molecular flexibility index (Phi) is 6.91. The molecule has 0 saturated heterocycles. The third-order valence-electron chi connectivity index (χ3n) is 3.08. The average Bonchev–Trinajstić information content (AvgIpc) is 2.86. The van der Waals surface area contributed by atoms with E-state index in [1.165, 1.54) is 0 Å². The van der Waals surface area contributed by atoms with Crippen LogP contribution >= 0.6 is 12.4 Å². The van der Waals surface area contributed by atoms with Crippen LogP contribution in [0.3, 0.4) is 0 Å². The summed E-state index contributed by atoms with van der Waals surface area (Å²) in [6, 6.07) is 9.74. The molecule has 1 aromatic carbocycles. The highest BCUT2D eigenvalue weighted by Gasteiger charge is 2.13. The molecule has 0 atom stereocenters. The van der Waals surface area contributed by atoms with Crippen LogP contribution in [-0.2, 0) is 0 Å². The molecule has 1 amide bonds. The predicted molar refractivity (Wildman–Crippen MR) is 86.2 cm³/mol. The van der Waals surface area contributed by atoms with Crippen LogP contribution in [0.2, 0.25) is 0 Å². The molecule has 0 aliphatic heterocycles. The Hall–Kier alpha value is -1.85. The second-order valence-electron chi connectivity index (χ2n) is 4.66. The molecule has 2 aromatic rings. The molecule has 0 saturated carbocycles. The number of aromatic nitrogens is 2. The first kappa shape index (κ1) is 17.2. The summed E-state index contributed by atoms with van der Waals surface area (Å²) in [6.07, 6.45) is 3.58. The van der Waals surface area contributed by atoms with Crippen LogP contribution < -0.4 is 11.1 Å². The molecular formula is C15H21ClN4O. The number of carbonyl (C=O) groups excluding carboxylic acids is 1. The lowest BCUT2D eigenvalue weighted by Crippen LogP contribution is -2.25. The van der Waals surface area contributed by atoms with Crippen molar-refractivity contribution in [3.63, 3.8) is 0 Å². The van der Waals surface area contributed by atoms with Gasteiger partial charge in [0.25, 0.3) is 5.91 Å². The summed E-state index contributed by atoms with van der Waals surface area (Å²) in [5.74, 6) is -0.0818. The van der Waals surface area contributed by atoms with Gasteiger partial charge >= 0.3 is 0 Å². The molecule has 6 heteroatoms. The first-order chi connectivity index (χ1) is 9.72. The van der Waals surface area contributed by atoms with E-state index in [4.69, 9.17) is 5.73 Å². The second kappa shape index (κ2) is 8.44. The second-order valence-corrected chi connectivity index (χ2v) is 4.66. The van der Waals surface area contributed by atoms with Crippen molar-refractivity contribution in [2.45, 2.75) is 19.8 Å². The number of rotatable bonds is 6. The largest absolute Gasteiger partial charge is 0.352 e. The molecule has 2 rings (SSSR count). The number of nitrogens with zero attached hydrogens (tertiary/aromatic N) is 2. The van der Waals surface area contributed by atoms with Crippen molar-refractivity contribution in [2.75, 3.05) is 13.1 Å². The molecule has 0 aliphatic carbocycles. The van der Waals surface area contributed by atoms with Gasteiger partial charge in [0.1, 0.15) is 0 Å². The van der Waals surface area contributed by atoms with Crippen molar-refractivity contribution in [2.24, 2.45) is 5.73 Å². The fourth-order valence-electron chi connectivity index (χ4n) is 1.96. The lowest BCUT2D eigenvalue weighted by Gasteiger charge is -2.03. The van der Waals surface area contributed by atoms with E-state index in [1.54, 1.807) is 10.9 Å². The van der Waals surface area contributed by atoms with Crippen molar-refractivity contribution in [1.82, 2.24) is 15.1 Å². The average molecular weight is 309 g/mol. The van der Waals surface area contributed by atoms with Gasteiger partial charge in [-0.15, -0.1) is 12.4 Å². The summed E-state index contributed by atoms with van der Waals surface area (Å²) in [5.41, 5.74) is 7.70. The topological polar surface area (TPSA) is 72.9 Å². The van der Waals surface area contributed by atoms with Gasteiger partial charge in [-0.05, 0) is 38.4 Å². The van der Waals surface area contributed by atoms with Gasteiger partial charge in [0.15, 0.2) is 0 Å². The van der Waals surface area contributed by atoms with E-state index in [0.717, 1.165) is 24.2 Å². The first-order valence-corrected chi connectivity index (χ1v) is 6.82. The molecule has 0 aliphatic rings. The molecule has 0 radical (unpaired) electrons. The molecule has 1 heterocycles. The van der Waals surface area contributed by atoms with E-state index in [1.807, 2.05) is 37.3 Å². The van der Waals surface area contributed by atoms with Gasteiger partial charge in [-0.3, -0.25) is 4.79 Å². The quantitative estimate of drug-likeness (QED) is 0.802. The number of halogens is 1. The Morgan fingerprint density at radius 3 is 2.67 bits per heavy atom. The Morgan fingerprint density at radius 2 is 2.00 bits per heavy atom. The van der Waals surface area contributed by atoms with E-state index in [9.17, 15) is 4.79 Å². The molecular weight excluding hydrogens is 288 g/mol. The zero-order chi connectivity index (χ0) is 14.4. The molecule has 0 unspecified atom stereocenters. The Bertz CT molecular complexity index is 568. The number of hydrogen-bond acceptors (Lipinski definition) is 3. The normalized spacial score (nSPS) is 10.0. The van der Waals surface area contributed by atoms with Crippen molar-refractivity contribution >= 4 is 18.3 Å². The highest BCUT2D eigenvalue weighted by molar-refractivity contribution is 5.95. The number of hydrogen-bond donors (Lipinski definition) is 2. The minimum absolute atomic E-state index is 0.